The zero-order valence-electron chi connectivity index (χ0n) is 17.6. The predicted molar refractivity (Wildman–Crippen MR) is 120 cm³/mol. The van der Waals surface area contributed by atoms with Crippen molar-refractivity contribution in [1.82, 2.24) is 9.55 Å². The third-order valence-electron chi connectivity index (χ3n) is 5.11. The molecular formula is C25H26N2O3. The molecule has 0 unspecified atom stereocenters. The average Bonchev–Trinajstić information content (AvgIpc) is 3.16. The summed E-state index contributed by atoms with van der Waals surface area (Å²) in [5, 5.41) is 0. The van der Waals surface area contributed by atoms with E-state index in [2.05, 4.69) is 29.7 Å². The van der Waals surface area contributed by atoms with Crippen LogP contribution >= 0.6 is 0 Å². The van der Waals surface area contributed by atoms with Gasteiger partial charge in [-0.05, 0) is 55.8 Å². The predicted octanol–water partition coefficient (Wildman–Crippen LogP) is 5.50. The molecule has 0 saturated carbocycles. The number of nitrogens with zero attached hydrogens (tertiary/aromatic N) is 2. The number of methoxy groups -OCH3 is 2. The van der Waals surface area contributed by atoms with Crippen LogP contribution in [0.3, 0.4) is 0 Å². The highest BCUT2D eigenvalue weighted by molar-refractivity contribution is 5.81. The van der Waals surface area contributed by atoms with E-state index in [0.717, 1.165) is 41.1 Å². The quantitative estimate of drug-likeness (QED) is 0.365. The number of para-hydroxylation sites is 2. The molecule has 154 valence electrons. The minimum atomic E-state index is 0.640. The first-order valence-electron chi connectivity index (χ1n) is 10.1. The van der Waals surface area contributed by atoms with E-state index >= 15 is 0 Å². The van der Waals surface area contributed by atoms with E-state index in [0.29, 0.717) is 18.1 Å². The third-order valence-corrected chi connectivity index (χ3v) is 5.11. The first-order chi connectivity index (χ1) is 14.7. The highest BCUT2D eigenvalue weighted by Crippen LogP contribution is 2.33. The summed E-state index contributed by atoms with van der Waals surface area (Å²) in [6.45, 7) is 3.51. The second-order valence-corrected chi connectivity index (χ2v) is 7.16. The molecule has 4 rings (SSSR count). The van der Waals surface area contributed by atoms with Crippen LogP contribution in [-0.4, -0.2) is 30.4 Å². The molecule has 0 fully saturated rings. The molecule has 1 aromatic heterocycles. The minimum Gasteiger partial charge on any atom is -0.494 e. The van der Waals surface area contributed by atoms with Crippen molar-refractivity contribution < 1.29 is 14.2 Å². The third kappa shape index (κ3) is 4.10. The highest BCUT2D eigenvalue weighted by atomic mass is 16.5. The molecule has 0 amide bonds. The van der Waals surface area contributed by atoms with Crippen molar-refractivity contribution in [1.29, 1.82) is 0 Å². The SMILES string of the molecule is COc1ccc(-c2nc3ccccc3n2CCCOc2ccc(C)cc2)cc1OC. The van der Waals surface area contributed by atoms with Gasteiger partial charge in [-0.25, -0.2) is 4.98 Å². The van der Waals surface area contributed by atoms with Gasteiger partial charge in [-0.1, -0.05) is 29.8 Å². The molecular weight excluding hydrogens is 376 g/mol. The molecule has 0 atom stereocenters. The van der Waals surface area contributed by atoms with Crippen LogP contribution in [0.25, 0.3) is 22.4 Å². The van der Waals surface area contributed by atoms with Gasteiger partial charge in [0.1, 0.15) is 11.6 Å². The first kappa shape index (κ1) is 19.8. The summed E-state index contributed by atoms with van der Waals surface area (Å²) < 4.78 is 19.0. The largest absolute Gasteiger partial charge is 0.494 e. The van der Waals surface area contributed by atoms with Crippen LogP contribution < -0.4 is 14.2 Å². The van der Waals surface area contributed by atoms with Gasteiger partial charge in [0.25, 0.3) is 0 Å². The van der Waals surface area contributed by atoms with Gasteiger partial charge in [0.05, 0.1) is 31.9 Å². The standard InChI is InChI=1S/C25H26N2O3/c1-18-9-12-20(13-10-18)30-16-6-15-27-22-8-5-4-7-21(22)26-25(27)19-11-14-23(28-2)24(17-19)29-3/h4-5,7-14,17H,6,15-16H2,1-3H3. The van der Waals surface area contributed by atoms with Crippen LogP contribution in [0.4, 0.5) is 0 Å². The normalized spacial score (nSPS) is 10.9. The Morgan fingerprint density at radius 2 is 1.63 bits per heavy atom. The Bertz CT molecular complexity index is 1130. The number of rotatable bonds is 8. The summed E-state index contributed by atoms with van der Waals surface area (Å²) in [5.74, 6) is 3.20. The van der Waals surface area contributed by atoms with Crippen LogP contribution in [-0.2, 0) is 6.54 Å². The van der Waals surface area contributed by atoms with Gasteiger partial charge in [0.15, 0.2) is 11.5 Å². The van der Waals surface area contributed by atoms with Gasteiger partial charge in [0.2, 0.25) is 0 Å². The van der Waals surface area contributed by atoms with Crippen molar-refractivity contribution in [2.45, 2.75) is 19.9 Å². The Morgan fingerprint density at radius 3 is 2.40 bits per heavy atom. The Balaban J connectivity index is 1.58. The number of benzene rings is 3. The number of aromatic nitrogens is 2. The summed E-state index contributed by atoms with van der Waals surface area (Å²) in [7, 11) is 3.29. The maximum Gasteiger partial charge on any atom is 0.161 e. The van der Waals surface area contributed by atoms with Crippen LogP contribution in [0.15, 0.2) is 66.7 Å². The molecule has 0 aliphatic heterocycles. The fourth-order valence-electron chi connectivity index (χ4n) is 3.54. The first-order valence-corrected chi connectivity index (χ1v) is 10.1. The van der Waals surface area contributed by atoms with Gasteiger partial charge >= 0.3 is 0 Å². The van der Waals surface area contributed by atoms with Crippen LogP contribution in [0, 0.1) is 6.92 Å². The fraction of sp³-hybridized carbons (Fsp3) is 0.240. The maximum atomic E-state index is 5.91. The van der Waals surface area contributed by atoms with Crippen molar-refractivity contribution in [3.05, 3.63) is 72.3 Å². The van der Waals surface area contributed by atoms with Gasteiger partial charge in [-0.2, -0.15) is 0 Å². The zero-order valence-corrected chi connectivity index (χ0v) is 17.6. The van der Waals surface area contributed by atoms with Crippen molar-refractivity contribution in [3.8, 4) is 28.6 Å². The lowest BCUT2D eigenvalue weighted by Gasteiger charge is -2.12. The topological polar surface area (TPSA) is 45.5 Å². The molecule has 0 N–H and O–H groups in total. The Hall–Kier alpha value is -3.47. The van der Waals surface area contributed by atoms with E-state index in [1.54, 1.807) is 14.2 Å². The molecule has 5 nitrogen and oxygen atoms in total. The van der Waals surface area contributed by atoms with Crippen molar-refractivity contribution >= 4 is 11.0 Å². The minimum absolute atomic E-state index is 0.640. The summed E-state index contributed by atoms with van der Waals surface area (Å²) in [5.41, 5.74) is 4.30. The second-order valence-electron chi connectivity index (χ2n) is 7.16. The lowest BCUT2D eigenvalue weighted by Crippen LogP contribution is -2.06. The number of ether oxygens (including phenoxy) is 3. The number of fused-ring (bicyclic) bond motifs is 1. The lowest BCUT2D eigenvalue weighted by molar-refractivity contribution is 0.303. The summed E-state index contributed by atoms with van der Waals surface area (Å²) in [4.78, 5) is 4.89. The molecule has 0 aliphatic rings. The molecule has 0 radical (unpaired) electrons. The number of imidazole rings is 1. The van der Waals surface area contributed by atoms with E-state index in [1.807, 2.05) is 48.5 Å². The fourth-order valence-corrected chi connectivity index (χ4v) is 3.54. The van der Waals surface area contributed by atoms with Crippen molar-refractivity contribution in [2.24, 2.45) is 0 Å². The van der Waals surface area contributed by atoms with Gasteiger partial charge in [0, 0.05) is 12.1 Å². The lowest BCUT2D eigenvalue weighted by atomic mass is 10.2. The van der Waals surface area contributed by atoms with E-state index in [-0.39, 0.29) is 0 Å². The Labute approximate surface area is 176 Å². The van der Waals surface area contributed by atoms with Gasteiger partial charge in [-0.15, -0.1) is 0 Å². The molecule has 30 heavy (non-hydrogen) atoms. The Morgan fingerprint density at radius 1 is 0.867 bits per heavy atom. The Kier molecular flexibility index (Phi) is 5.89. The smallest absolute Gasteiger partial charge is 0.161 e. The summed E-state index contributed by atoms with van der Waals surface area (Å²) in [6.07, 6.45) is 0.870. The van der Waals surface area contributed by atoms with Crippen molar-refractivity contribution in [3.63, 3.8) is 0 Å². The monoisotopic (exact) mass is 402 g/mol. The molecule has 4 aromatic rings. The maximum absolute atomic E-state index is 5.91. The summed E-state index contributed by atoms with van der Waals surface area (Å²) >= 11 is 0. The van der Waals surface area contributed by atoms with Crippen molar-refractivity contribution in [2.75, 3.05) is 20.8 Å². The number of hydrogen-bond acceptors (Lipinski definition) is 4. The molecule has 1 heterocycles. The molecule has 3 aromatic carbocycles. The van der Waals surface area contributed by atoms with Gasteiger partial charge < -0.3 is 18.8 Å². The van der Waals surface area contributed by atoms with Crippen LogP contribution in [0.2, 0.25) is 0 Å². The zero-order chi connectivity index (χ0) is 20.9. The van der Waals surface area contributed by atoms with Crippen LogP contribution in [0.5, 0.6) is 17.2 Å². The van der Waals surface area contributed by atoms with E-state index in [9.17, 15) is 0 Å². The highest BCUT2D eigenvalue weighted by Gasteiger charge is 2.14. The van der Waals surface area contributed by atoms with Gasteiger partial charge in [-0.3, -0.25) is 0 Å². The number of aryl methyl sites for hydroxylation is 2. The molecule has 0 saturated heterocycles. The van der Waals surface area contributed by atoms with Crippen LogP contribution in [0.1, 0.15) is 12.0 Å². The molecule has 0 spiro atoms. The molecule has 5 heteroatoms. The molecule has 0 aliphatic carbocycles. The van der Waals surface area contributed by atoms with E-state index in [1.165, 1.54) is 5.56 Å². The average molecular weight is 402 g/mol. The van der Waals surface area contributed by atoms with E-state index < -0.39 is 0 Å². The number of hydrogen-bond donors (Lipinski definition) is 0. The second kappa shape index (κ2) is 8.91. The van der Waals surface area contributed by atoms with E-state index in [4.69, 9.17) is 19.2 Å². The molecule has 0 bridgehead atoms. The summed E-state index contributed by atoms with van der Waals surface area (Å²) in [6, 6.07) is 22.3.